The fourth-order valence-corrected chi connectivity index (χ4v) is 3.40. The van der Waals surface area contributed by atoms with E-state index < -0.39 is 0 Å². The number of rotatable bonds is 2. The Bertz CT molecular complexity index is 532. The number of nitrogens with zero attached hydrogens (tertiary/aromatic N) is 1. The van der Waals surface area contributed by atoms with Crippen LogP contribution in [0, 0.1) is 11.8 Å². The lowest BCUT2D eigenvalue weighted by molar-refractivity contribution is 0.0725. The molecule has 2 aliphatic heterocycles. The van der Waals surface area contributed by atoms with Crippen LogP contribution in [0.3, 0.4) is 0 Å². The molecule has 1 amide bonds. The van der Waals surface area contributed by atoms with Gasteiger partial charge in [-0.05, 0) is 37.0 Å². The van der Waals surface area contributed by atoms with Crippen LogP contribution in [0.5, 0.6) is 11.5 Å². The summed E-state index contributed by atoms with van der Waals surface area (Å²) in [6, 6.07) is 4.97. The highest BCUT2D eigenvalue weighted by Crippen LogP contribution is 2.34. The maximum absolute atomic E-state index is 12.7. The van der Waals surface area contributed by atoms with E-state index in [0.29, 0.717) is 23.1 Å². The van der Waals surface area contributed by atoms with Gasteiger partial charge in [-0.3, -0.25) is 4.79 Å². The fourth-order valence-electron chi connectivity index (χ4n) is 3.40. The van der Waals surface area contributed by atoms with E-state index in [0.717, 1.165) is 19.6 Å². The van der Waals surface area contributed by atoms with Gasteiger partial charge < -0.3 is 20.1 Å². The number of benzene rings is 1. The van der Waals surface area contributed by atoms with Gasteiger partial charge in [-0.1, -0.05) is 0 Å². The summed E-state index contributed by atoms with van der Waals surface area (Å²) in [5.74, 6) is 1.54. The highest BCUT2D eigenvalue weighted by molar-refractivity contribution is 5.97. The van der Waals surface area contributed by atoms with E-state index in [-0.39, 0.29) is 17.7 Å². The Hall–Kier alpha value is -1.75. The normalized spacial score (nSPS) is 28.5. The van der Waals surface area contributed by atoms with Crippen LogP contribution in [-0.4, -0.2) is 48.7 Å². The smallest absolute Gasteiger partial charge is 0.258 e. The van der Waals surface area contributed by atoms with Crippen LogP contribution >= 0.6 is 0 Å². The van der Waals surface area contributed by atoms with Gasteiger partial charge in [-0.2, -0.15) is 0 Å². The largest absolute Gasteiger partial charge is 0.507 e. The summed E-state index contributed by atoms with van der Waals surface area (Å²) >= 11 is 0. The molecular weight excluding hydrogens is 256 g/mol. The SMILES string of the molecule is COc1ccc(O)c(C(=O)N2CC3CNCC3C2C)c1. The molecule has 5 heteroatoms. The highest BCUT2D eigenvalue weighted by atomic mass is 16.5. The summed E-state index contributed by atoms with van der Waals surface area (Å²) in [4.78, 5) is 14.5. The van der Waals surface area contributed by atoms with Crippen LogP contribution in [0.25, 0.3) is 0 Å². The van der Waals surface area contributed by atoms with Crippen molar-refractivity contribution >= 4 is 5.91 Å². The third-order valence-electron chi connectivity index (χ3n) is 4.63. The number of carbonyl (C=O) groups excluding carboxylic acids is 1. The Labute approximate surface area is 118 Å². The molecule has 5 nitrogen and oxygen atoms in total. The molecule has 1 aromatic rings. The first-order chi connectivity index (χ1) is 9.61. The van der Waals surface area contributed by atoms with Crippen LogP contribution < -0.4 is 10.1 Å². The number of aromatic hydroxyl groups is 1. The molecule has 3 atom stereocenters. The molecule has 108 valence electrons. The molecule has 0 radical (unpaired) electrons. The third-order valence-corrected chi connectivity index (χ3v) is 4.63. The zero-order valence-electron chi connectivity index (χ0n) is 11.8. The molecule has 2 heterocycles. The van der Waals surface area contributed by atoms with Crippen LogP contribution in [0.1, 0.15) is 17.3 Å². The van der Waals surface area contributed by atoms with Gasteiger partial charge in [0.1, 0.15) is 11.5 Å². The Kier molecular flexibility index (Phi) is 3.30. The van der Waals surface area contributed by atoms with Gasteiger partial charge in [0.2, 0.25) is 0 Å². The number of hydrogen-bond donors (Lipinski definition) is 2. The number of phenols is 1. The van der Waals surface area contributed by atoms with Gasteiger partial charge in [0.15, 0.2) is 0 Å². The topological polar surface area (TPSA) is 61.8 Å². The Balaban J connectivity index is 1.86. The second-order valence-electron chi connectivity index (χ2n) is 5.66. The van der Waals surface area contributed by atoms with Crippen molar-refractivity contribution in [1.29, 1.82) is 0 Å². The highest BCUT2D eigenvalue weighted by Gasteiger charge is 2.44. The lowest BCUT2D eigenvalue weighted by Crippen LogP contribution is -2.38. The zero-order chi connectivity index (χ0) is 14.3. The molecule has 2 aliphatic rings. The van der Waals surface area contributed by atoms with Crippen molar-refractivity contribution in [2.45, 2.75) is 13.0 Å². The molecule has 0 spiro atoms. The molecular formula is C15H20N2O3. The van der Waals surface area contributed by atoms with E-state index in [1.54, 1.807) is 19.2 Å². The molecule has 3 rings (SSSR count). The van der Waals surface area contributed by atoms with Crippen LogP contribution in [0.2, 0.25) is 0 Å². The number of likely N-dealkylation sites (tertiary alicyclic amines) is 1. The zero-order valence-corrected chi connectivity index (χ0v) is 11.8. The number of phenolic OH excluding ortho intramolecular Hbond substituents is 1. The summed E-state index contributed by atoms with van der Waals surface area (Å²) < 4.78 is 5.13. The average molecular weight is 276 g/mol. The molecule has 3 unspecified atom stereocenters. The minimum atomic E-state index is -0.108. The van der Waals surface area contributed by atoms with Crippen molar-refractivity contribution in [3.8, 4) is 11.5 Å². The van der Waals surface area contributed by atoms with Gasteiger partial charge in [0.05, 0.1) is 12.7 Å². The molecule has 2 N–H and O–H groups in total. The van der Waals surface area contributed by atoms with Crippen molar-refractivity contribution in [2.24, 2.45) is 11.8 Å². The number of amides is 1. The second-order valence-corrected chi connectivity index (χ2v) is 5.66. The van der Waals surface area contributed by atoms with Gasteiger partial charge in [-0.25, -0.2) is 0 Å². The van der Waals surface area contributed by atoms with Crippen molar-refractivity contribution in [2.75, 3.05) is 26.7 Å². The summed E-state index contributed by atoms with van der Waals surface area (Å²) in [5, 5.41) is 13.3. The number of carbonyl (C=O) groups is 1. The van der Waals surface area contributed by atoms with Crippen molar-refractivity contribution in [3.63, 3.8) is 0 Å². The van der Waals surface area contributed by atoms with Gasteiger partial charge in [0, 0.05) is 25.7 Å². The van der Waals surface area contributed by atoms with Crippen LogP contribution in [0.4, 0.5) is 0 Å². The minimum absolute atomic E-state index is 0.0122. The van der Waals surface area contributed by atoms with E-state index in [4.69, 9.17) is 4.74 Å². The molecule has 2 fully saturated rings. The van der Waals surface area contributed by atoms with E-state index in [1.165, 1.54) is 6.07 Å². The quantitative estimate of drug-likeness (QED) is 0.848. The van der Waals surface area contributed by atoms with Crippen molar-refractivity contribution in [3.05, 3.63) is 23.8 Å². The number of nitrogens with one attached hydrogen (secondary N) is 1. The van der Waals surface area contributed by atoms with E-state index in [9.17, 15) is 9.90 Å². The average Bonchev–Trinajstić information content (AvgIpc) is 3.02. The van der Waals surface area contributed by atoms with Crippen molar-refractivity contribution < 1.29 is 14.6 Å². The Morgan fingerprint density at radius 1 is 1.45 bits per heavy atom. The molecule has 0 bridgehead atoms. The maximum Gasteiger partial charge on any atom is 0.258 e. The molecule has 1 aromatic carbocycles. The lowest BCUT2D eigenvalue weighted by atomic mass is 9.95. The number of hydrogen-bond acceptors (Lipinski definition) is 4. The Morgan fingerprint density at radius 3 is 2.95 bits per heavy atom. The summed E-state index contributed by atoms with van der Waals surface area (Å²) in [6.07, 6.45) is 0. The summed E-state index contributed by atoms with van der Waals surface area (Å²) in [5.41, 5.74) is 0.323. The van der Waals surface area contributed by atoms with Gasteiger partial charge in [-0.15, -0.1) is 0 Å². The predicted molar refractivity (Wildman–Crippen MR) is 75.0 cm³/mol. The number of methoxy groups -OCH3 is 1. The van der Waals surface area contributed by atoms with Crippen molar-refractivity contribution in [1.82, 2.24) is 10.2 Å². The van der Waals surface area contributed by atoms with E-state index in [1.807, 2.05) is 4.90 Å². The fraction of sp³-hybridized carbons (Fsp3) is 0.533. The third kappa shape index (κ3) is 2.02. The standard InChI is InChI=1S/C15H20N2O3/c1-9-13-7-16-6-10(13)8-17(9)15(19)12-5-11(20-2)3-4-14(12)18/h3-5,9-10,13,16,18H,6-8H2,1-2H3. The molecule has 2 saturated heterocycles. The van der Waals surface area contributed by atoms with Crippen LogP contribution in [0.15, 0.2) is 18.2 Å². The van der Waals surface area contributed by atoms with Gasteiger partial charge >= 0.3 is 0 Å². The first-order valence-corrected chi connectivity index (χ1v) is 7.00. The molecule has 0 aromatic heterocycles. The van der Waals surface area contributed by atoms with E-state index >= 15 is 0 Å². The second kappa shape index (κ2) is 4.98. The Morgan fingerprint density at radius 2 is 2.25 bits per heavy atom. The maximum atomic E-state index is 12.7. The monoisotopic (exact) mass is 276 g/mol. The summed E-state index contributed by atoms with van der Waals surface area (Å²) in [7, 11) is 1.55. The summed E-state index contributed by atoms with van der Waals surface area (Å²) in [6.45, 7) is 4.80. The molecule has 20 heavy (non-hydrogen) atoms. The first kappa shape index (κ1) is 13.2. The predicted octanol–water partition coefficient (Wildman–Crippen LogP) is 1.08. The number of fused-ring (bicyclic) bond motifs is 1. The minimum Gasteiger partial charge on any atom is -0.507 e. The molecule has 0 saturated carbocycles. The lowest BCUT2D eigenvalue weighted by Gasteiger charge is -2.25. The van der Waals surface area contributed by atoms with E-state index in [2.05, 4.69) is 12.2 Å². The molecule has 0 aliphatic carbocycles. The van der Waals surface area contributed by atoms with Crippen LogP contribution in [-0.2, 0) is 0 Å². The van der Waals surface area contributed by atoms with Gasteiger partial charge in [0.25, 0.3) is 5.91 Å². The first-order valence-electron chi connectivity index (χ1n) is 7.00. The number of ether oxygens (including phenoxy) is 1.